The van der Waals surface area contributed by atoms with Gasteiger partial charge in [-0.15, -0.1) is 0 Å². The quantitative estimate of drug-likeness (QED) is 0.812. The second kappa shape index (κ2) is 8.52. The Labute approximate surface area is 163 Å². The van der Waals surface area contributed by atoms with E-state index < -0.39 is 5.91 Å². The molecule has 0 aliphatic heterocycles. The number of allylic oxidation sites excluding steroid dienone is 4. The monoisotopic (exact) mass is 376 g/mol. The van der Waals surface area contributed by atoms with Crippen molar-refractivity contribution >= 4 is 23.4 Å². The molecule has 1 unspecified atom stereocenters. The molecular weight excluding hydrogens is 355 g/mol. The van der Waals surface area contributed by atoms with Crippen molar-refractivity contribution < 1.29 is 9.18 Å². The number of carbonyl (C=O) groups excluding carboxylic acids is 1. The lowest BCUT2D eigenvalue weighted by Crippen LogP contribution is -2.18. The zero-order chi connectivity index (χ0) is 20.1. The standard InChI is InChI=1S/C22H21FN4O/c1-14-10-16(5-7-19(14)23)22-18(4-3-9-27-22)15-6-8-20(25-2)17(11-15)12-26-13-21(24)28/h3-12,17H,13H2,1-2H3,(H2,24,28). The van der Waals surface area contributed by atoms with Gasteiger partial charge >= 0.3 is 0 Å². The Hall–Kier alpha value is -3.41. The van der Waals surface area contributed by atoms with Gasteiger partial charge in [0.25, 0.3) is 0 Å². The minimum Gasteiger partial charge on any atom is -0.368 e. The van der Waals surface area contributed by atoms with Gasteiger partial charge in [-0.25, -0.2) is 4.39 Å². The third-order valence-corrected chi connectivity index (χ3v) is 4.46. The van der Waals surface area contributed by atoms with Crippen molar-refractivity contribution in [2.24, 2.45) is 21.6 Å². The zero-order valence-corrected chi connectivity index (χ0v) is 15.8. The molecule has 0 fully saturated rings. The number of nitrogens with zero attached hydrogens (tertiary/aromatic N) is 3. The number of halogens is 1. The maximum atomic E-state index is 13.7. The molecule has 5 nitrogen and oxygen atoms in total. The fourth-order valence-electron chi connectivity index (χ4n) is 3.06. The molecule has 1 aliphatic rings. The highest BCUT2D eigenvalue weighted by atomic mass is 19.1. The van der Waals surface area contributed by atoms with Crippen LogP contribution in [0.15, 0.2) is 64.7 Å². The Morgan fingerprint density at radius 3 is 2.86 bits per heavy atom. The van der Waals surface area contributed by atoms with E-state index in [4.69, 9.17) is 5.73 Å². The van der Waals surface area contributed by atoms with Gasteiger partial charge in [-0.1, -0.05) is 18.2 Å². The molecule has 1 atom stereocenters. The molecule has 1 heterocycles. The van der Waals surface area contributed by atoms with Crippen LogP contribution in [0.3, 0.4) is 0 Å². The van der Waals surface area contributed by atoms with E-state index in [9.17, 15) is 9.18 Å². The number of rotatable bonds is 5. The van der Waals surface area contributed by atoms with Gasteiger partial charge in [0, 0.05) is 36.3 Å². The molecule has 2 aromatic rings. The van der Waals surface area contributed by atoms with Gasteiger partial charge in [-0.2, -0.15) is 0 Å². The Morgan fingerprint density at radius 2 is 2.14 bits per heavy atom. The highest BCUT2D eigenvalue weighted by Crippen LogP contribution is 2.31. The van der Waals surface area contributed by atoms with Crippen molar-refractivity contribution in [2.75, 3.05) is 13.6 Å². The van der Waals surface area contributed by atoms with Crippen LogP contribution in [-0.4, -0.2) is 36.4 Å². The summed E-state index contributed by atoms with van der Waals surface area (Å²) >= 11 is 0. The minimum atomic E-state index is -0.483. The number of carbonyl (C=O) groups is 1. The molecular formula is C22H21FN4O. The minimum absolute atomic E-state index is 0.0621. The molecule has 6 heteroatoms. The van der Waals surface area contributed by atoms with E-state index in [1.807, 2.05) is 30.4 Å². The second-order valence-corrected chi connectivity index (χ2v) is 6.45. The van der Waals surface area contributed by atoms with Crippen LogP contribution in [0.4, 0.5) is 4.39 Å². The number of aliphatic imine (C=N–C) groups is 2. The van der Waals surface area contributed by atoms with Crippen LogP contribution >= 0.6 is 0 Å². The van der Waals surface area contributed by atoms with E-state index >= 15 is 0 Å². The first-order valence-corrected chi connectivity index (χ1v) is 8.86. The molecule has 0 saturated heterocycles. The van der Waals surface area contributed by atoms with Gasteiger partial charge in [0.05, 0.1) is 11.6 Å². The summed E-state index contributed by atoms with van der Waals surface area (Å²) in [6.07, 6.45) is 9.30. The summed E-state index contributed by atoms with van der Waals surface area (Å²) in [6.45, 7) is 1.67. The van der Waals surface area contributed by atoms with E-state index in [0.29, 0.717) is 5.56 Å². The van der Waals surface area contributed by atoms with Crippen molar-refractivity contribution in [1.29, 1.82) is 0 Å². The Bertz CT molecular complexity index is 1020. The van der Waals surface area contributed by atoms with Crippen molar-refractivity contribution in [1.82, 2.24) is 4.98 Å². The number of hydrogen-bond donors (Lipinski definition) is 1. The predicted molar refractivity (Wildman–Crippen MR) is 111 cm³/mol. The summed E-state index contributed by atoms with van der Waals surface area (Å²) in [6, 6.07) is 8.81. The third kappa shape index (κ3) is 4.28. The largest absolute Gasteiger partial charge is 0.368 e. The van der Waals surface area contributed by atoms with Crippen LogP contribution in [0, 0.1) is 18.7 Å². The van der Waals surface area contributed by atoms with Crippen LogP contribution in [0.1, 0.15) is 11.1 Å². The van der Waals surface area contributed by atoms with E-state index in [1.54, 1.807) is 38.5 Å². The summed E-state index contributed by atoms with van der Waals surface area (Å²) in [4.78, 5) is 23.9. The fourth-order valence-corrected chi connectivity index (χ4v) is 3.06. The first-order valence-electron chi connectivity index (χ1n) is 8.86. The van der Waals surface area contributed by atoms with Crippen LogP contribution in [0.25, 0.3) is 16.8 Å². The van der Waals surface area contributed by atoms with Crippen molar-refractivity contribution in [2.45, 2.75) is 6.92 Å². The third-order valence-electron chi connectivity index (χ3n) is 4.46. The number of pyridine rings is 1. The van der Waals surface area contributed by atoms with Gasteiger partial charge in [0.2, 0.25) is 5.91 Å². The zero-order valence-electron chi connectivity index (χ0n) is 15.8. The van der Waals surface area contributed by atoms with Crippen LogP contribution in [-0.2, 0) is 4.79 Å². The van der Waals surface area contributed by atoms with Crippen LogP contribution in [0.2, 0.25) is 0 Å². The lowest BCUT2D eigenvalue weighted by atomic mass is 9.89. The smallest absolute Gasteiger partial charge is 0.239 e. The van der Waals surface area contributed by atoms with Crippen LogP contribution < -0.4 is 5.73 Å². The highest BCUT2D eigenvalue weighted by Gasteiger charge is 2.18. The summed E-state index contributed by atoms with van der Waals surface area (Å²) in [7, 11) is 1.71. The molecule has 1 aromatic heterocycles. The topological polar surface area (TPSA) is 80.7 Å². The van der Waals surface area contributed by atoms with Gasteiger partial charge in [0.15, 0.2) is 0 Å². The van der Waals surface area contributed by atoms with Gasteiger partial charge in [-0.3, -0.25) is 19.8 Å². The molecule has 0 spiro atoms. The lowest BCUT2D eigenvalue weighted by molar-refractivity contribution is -0.116. The van der Waals surface area contributed by atoms with E-state index in [-0.39, 0.29) is 18.3 Å². The maximum Gasteiger partial charge on any atom is 0.239 e. The number of primary amides is 1. The molecule has 142 valence electrons. The summed E-state index contributed by atoms with van der Waals surface area (Å²) < 4.78 is 13.7. The molecule has 1 aliphatic carbocycles. The molecule has 1 amide bonds. The number of nitrogens with two attached hydrogens (primary N) is 1. The molecule has 28 heavy (non-hydrogen) atoms. The number of amides is 1. The van der Waals surface area contributed by atoms with Crippen molar-refractivity contribution in [3.63, 3.8) is 0 Å². The average Bonchev–Trinajstić information content (AvgIpc) is 2.70. The van der Waals surface area contributed by atoms with Gasteiger partial charge in [0.1, 0.15) is 12.4 Å². The fraction of sp³-hybridized carbons (Fsp3) is 0.182. The van der Waals surface area contributed by atoms with E-state index in [0.717, 1.165) is 28.1 Å². The first-order chi connectivity index (χ1) is 13.5. The predicted octanol–water partition coefficient (Wildman–Crippen LogP) is 3.39. The Balaban J connectivity index is 2.02. The van der Waals surface area contributed by atoms with E-state index in [1.165, 1.54) is 6.07 Å². The van der Waals surface area contributed by atoms with Crippen molar-refractivity contribution in [3.05, 3.63) is 71.7 Å². The number of hydrogen-bond acceptors (Lipinski definition) is 4. The summed E-state index contributed by atoms with van der Waals surface area (Å²) in [5.74, 6) is -0.900. The molecule has 2 N–H and O–H groups in total. The molecule has 0 radical (unpaired) electrons. The molecule has 3 rings (SSSR count). The number of aryl methyl sites for hydroxylation is 1. The van der Waals surface area contributed by atoms with Crippen LogP contribution in [0.5, 0.6) is 0 Å². The normalized spacial score (nSPS) is 17.9. The highest BCUT2D eigenvalue weighted by molar-refractivity contribution is 6.12. The lowest BCUT2D eigenvalue weighted by Gasteiger charge is -2.17. The molecule has 0 bridgehead atoms. The number of aromatic nitrogens is 1. The second-order valence-electron chi connectivity index (χ2n) is 6.45. The molecule has 0 saturated carbocycles. The van der Waals surface area contributed by atoms with Gasteiger partial charge < -0.3 is 5.73 Å². The average molecular weight is 376 g/mol. The first kappa shape index (κ1) is 19.4. The van der Waals surface area contributed by atoms with Gasteiger partial charge in [-0.05, 0) is 48.4 Å². The summed E-state index contributed by atoms with van der Waals surface area (Å²) in [5, 5.41) is 0. The van der Waals surface area contributed by atoms with Crippen molar-refractivity contribution in [3.8, 4) is 11.3 Å². The number of benzene rings is 1. The SMILES string of the molecule is CN=C1C=CC(c2cccnc2-c2ccc(F)c(C)c2)=CC1C=NCC(N)=O. The van der Waals surface area contributed by atoms with E-state index in [2.05, 4.69) is 15.0 Å². The molecule has 1 aromatic carbocycles. The Morgan fingerprint density at radius 1 is 1.32 bits per heavy atom. The maximum absolute atomic E-state index is 13.7. The Kier molecular flexibility index (Phi) is 5.89. The summed E-state index contributed by atoms with van der Waals surface area (Å²) in [5.41, 5.74) is 10.0.